The van der Waals surface area contributed by atoms with Gasteiger partial charge in [-0.3, -0.25) is 19.2 Å². The maximum atomic E-state index is 13.4. The van der Waals surface area contributed by atoms with Crippen LogP contribution in [0.1, 0.15) is 85.5 Å². The Hall–Kier alpha value is -1.51. The van der Waals surface area contributed by atoms with E-state index in [0.717, 1.165) is 18.4 Å². The van der Waals surface area contributed by atoms with Gasteiger partial charge in [-0.1, -0.05) is 38.1 Å². The summed E-state index contributed by atoms with van der Waals surface area (Å²) in [7, 11) is 0. The first kappa shape index (κ1) is 26.1. The molecule has 3 saturated carbocycles. The summed E-state index contributed by atoms with van der Waals surface area (Å²) in [5.41, 5.74) is -3.08. The van der Waals surface area contributed by atoms with Crippen LogP contribution in [0.3, 0.4) is 0 Å². The number of fused-ring (bicyclic) bond motifs is 5. The monoisotopic (exact) mass is 518 g/mol. The van der Waals surface area contributed by atoms with E-state index >= 15 is 0 Å². The second-order valence-corrected chi connectivity index (χ2v) is 13.7. The number of hydrogen-bond acceptors (Lipinski definition) is 8. The Kier molecular flexibility index (Phi) is 6.17. The maximum absolute atomic E-state index is 13.4. The number of ether oxygens (including phenoxy) is 1. The van der Waals surface area contributed by atoms with Crippen LogP contribution in [-0.4, -0.2) is 55.4 Å². The first-order valence-corrected chi connectivity index (χ1v) is 14.3. The zero-order valence-electron chi connectivity index (χ0n) is 21.7. The Morgan fingerprint density at radius 2 is 1.81 bits per heavy atom. The van der Waals surface area contributed by atoms with Crippen LogP contribution in [0.2, 0.25) is 0 Å². The number of thioether (sulfide) groups is 1. The fourth-order valence-corrected chi connectivity index (χ4v) is 10.4. The molecule has 7 nitrogen and oxygen atoms in total. The molecule has 9 atom stereocenters. The second kappa shape index (κ2) is 8.50. The average molecular weight is 519 g/mol. The van der Waals surface area contributed by atoms with E-state index in [1.54, 1.807) is 13.8 Å². The van der Waals surface area contributed by atoms with Crippen molar-refractivity contribution in [1.29, 1.82) is 0 Å². The predicted octanol–water partition coefficient (Wildman–Crippen LogP) is 3.53. The van der Waals surface area contributed by atoms with Gasteiger partial charge in [0.15, 0.2) is 10.9 Å². The van der Waals surface area contributed by atoms with Gasteiger partial charge in [0.05, 0.1) is 6.42 Å². The number of esters is 1. The number of carbonyl (C=O) groups is 4. The van der Waals surface area contributed by atoms with Crippen molar-refractivity contribution in [2.45, 2.75) is 108 Å². The highest BCUT2D eigenvalue weighted by Crippen LogP contribution is 2.71. The molecular formula is C28H38O7S. The molecule has 2 N–H and O–H groups in total. The lowest BCUT2D eigenvalue weighted by Crippen LogP contribution is -2.72. The van der Waals surface area contributed by atoms with E-state index in [4.69, 9.17) is 4.74 Å². The molecule has 0 spiro atoms. The second-order valence-electron chi connectivity index (χ2n) is 12.3. The fourth-order valence-electron chi connectivity index (χ4n) is 9.15. The van der Waals surface area contributed by atoms with Crippen molar-refractivity contribution in [3.05, 3.63) is 11.6 Å². The van der Waals surface area contributed by atoms with E-state index in [0.29, 0.717) is 32.1 Å². The van der Waals surface area contributed by atoms with Gasteiger partial charge >= 0.3 is 5.97 Å². The highest BCUT2D eigenvalue weighted by atomic mass is 32.2. The minimum absolute atomic E-state index is 0.0162. The van der Waals surface area contributed by atoms with Crippen molar-refractivity contribution < 1.29 is 34.1 Å². The average Bonchev–Trinajstić information content (AvgIpc) is 3.09. The van der Waals surface area contributed by atoms with E-state index in [1.165, 1.54) is 11.8 Å². The predicted molar refractivity (Wildman–Crippen MR) is 134 cm³/mol. The number of allylic oxidation sites excluding steroid dienone is 1. The van der Waals surface area contributed by atoms with E-state index in [1.807, 2.05) is 13.0 Å². The normalized spacial score (nSPS) is 48.4. The minimum atomic E-state index is -1.78. The third-order valence-corrected chi connectivity index (χ3v) is 12.1. The molecular weight excluding hydrogens is 480 g/mol. The fraction of sp³-hybridized carbons (Fsp3) is 0.786. The van der Waals surface area contributed by atoms with Crippen molar-refractivity contribution in [2.24, 2.45) is 28.6 Å². The van der Waals surface area contributed by atoms with Gasteiger partial charge in [0.25, 0.3) is 0 Å². The molecule has 5 rings (SSSR count). The summed E-state index contributed by atoms with van der Waals surface area (Å²) < 4.78 is 5.75. The summed E-state index contributed by atoms with van der Waals surface area (Å²) in [5.74, 6) is -0.703. The Bertz CT molecular complexity index is 1050. The van der Waals surface area contributed by atoms with Gasteiger partial charge in [0.2, 0.25) is 11.4 Å². The van der Waals surface area contributed by atoms with Gasteiger partial charge in [-0.05, 0) is 74.2 Å². The molecule has 4 fully saturated rings. The number of aliphatic hydroxyl groups excluding tert-OH is 1. The largest absolute Gasteiger partial charge is 0.448 e. The lowest BCUT2D eigenvalue weighted by atomic mass is 9.45. The van der Waals surface area contributed by atoms with E-state index in [-0.39, 0.29) is 52.2 Å². The zero-order valence-corrected chi connectivity index (χ0v) is 22.5. The molecule has 1 aliphatic heterocycles. The molecule has 8 heteroatoms. The molecule has 0 bridgehead atoms. The third kappa shape index (κ3) is 3.32. The highest BCUT2D eigenvalue weighted by molar-refractivity contribution is 8.14. The number of carbonyl (C=O) groups excluding carboxylic acids is 4. The Morgan fingerprint density at radius 1 is 1.11 bits per heavy atom. The van der Waals surface area contributed by atoms with Gasteiger partial charge in [0.1, 0.15) is 11.7 Å². The minimum Gasteiger partial charge on any atom is -0.448 e. The van der Waals surface area contributed by atoms with E-state index < -0.39 is 34.5 Å². The van der Waals surface area contributed by atoms with Gasteiger partial charge in [-0.2, -0.15) is 0 Å². The van der Waals surface area contributed by atoms with Gasteiger partial charge in [-0.25, -0.2) is 0 Å². The van der Waals surface area contributed by atoms with Crippen molar-refractivity contribution in [2.75, 3.05) is 0 Å². The first-order chi connectivity index (χ1) is 16.8. The molecule has 0 radical (unpaired) electrons. The molecule has 0 aromatic rings. The van der Waals surface area contributed by atoms with E-state index in [9.17, 15) is 29.4 Å². The Labute approximate surface area is 216 Å². The van der Waals surface area contributed by atoms with Crippen molar-refractivity contribution in [1.82, 2.24) is 0 Å². The molecule has 1 unspecified atom stereocenters. The smallest absolute Gasteiger partial charge is 0.309 e. The maximum Gasteiger partial charge on any atom is 0.309 e. The standard InChI is InChI=1S/C28H38O7S/c1-5-27(24(33)20(31)14-22(32)35-27)28(34)11-8-19-23-18(7-10-26(19,28)4)25(3)9-6-17(30)12-16(25)13-21(23)36-15(2)29/h12,18-21,23,31,34H,5-11,13-14H2,1-4H3/t18-,19-,20?,21+,23+,25-,26-,27-,28-/m0/s1. The van der Waals surface area contributed by atoms with E-state index in [2.05, 4.69) is 6.92 Å². The molecule has 198 valence electrons. The summed E-state index contributed by atoms with van der Waals surface area (Å²) in [5, 5.41) is 22.9. The lowest BCUT2D eigenvalue weighted by molar-refractivity contribution is -0.245. The first-order valence-electron chi connectivity index (χ1n) is 13.4. The number of hydrogen-bond donors (Lipinski definition) is 2. The molecule has 1 saturated heterocycles. The van der Waals surface area contributed by atoms with Crippen LogP contribution in [-0.2, 0) is 23.9 Å². The van der Waals surface area contributed by atoms with Crippen molar-refractivity contribution in [3.8, 4) is 0 Å². The summed E-state index contributed by atoms with van der Waals surface area (Å²) in [6.45, 7) is 7.59. The van der Waals surface area contributed by atoms with Crippen LogP contribution in [0.4, 0.5) is 0 Å². The lowest BCUT2D eigenvalue weighted by Gasteiger charge is -2.62. The third-order valence-electron chi connectivity index (χ3n) is 10.9. The quantitative estimate of drug-likeness (QED) is 0.545. The topological polar surface area (TPSA) is 118 Å². The van der Waals surface area contributed by atoms with Crippen LogP contribution in [0.15, 0.2) is 11.6 Å². The Balaban J connectivity index is 1.59. The Morgan fingerprint density at radius 3 is 2.47 bits per heavy atom. The van der Waals surface area contributed by atoms with Crippen LogP contribution in [0, 0.1) is 28.6 Å². The molecule has 0 aromatic heterocycles. The molecule has 1 heterocycles. The van der Waals surface area contributed by atoms with Crippen LogP contribution in [0.25, 0.3) is 0 Å². The number of Topliss-reactive ketones (excluding diaryl/α,β-unsaturated/α-hetero) is 1. The summed E-state index contributed by atoms with van der Waals surface area (Å²) in [6, 6.07) is 0. The zero-order chi connectivity index (χ0) is 26.3. The van der Waals surface area contributed by atoms with Crippen molar-refractivity contribution in [3.63, 3.8) is 0 Å². The molecule has 5 aliphatic rings. The highest BCUT2D eigenvalue weighted by Gasteiger charge is 2.74. The van der Waals surface area contributed by atoms with Gasteiger partial charge in [0, 0.05) is 24.0 Å². The van der Waals surface area contributed by atoms with Gasteiger partial charge in [-0.15, -0.1) is 0 Å². The van der Waals surface area contributed by atoms with Crippen molar-refractivity contribution >= 4 is 34.4 Å². The summed E-state index contributed by atoms with van der Waals surface area (Å²) in [4.78, 5) is 50.5. The SMILES string of the molecule is CC[C@]1([C@]2(O)CC[C@H]3[C@@H]4[C@H](SC(C)=O)CC5=CC(=O)CC[C@]5(C)[C@H]4CC[C@@]32C)OC(=O)CC(O)C1=O. The number of aliphatic hydroxyl groups is 2. The number of rotatable bonds is 3. The number of ketones is 2. The molecule has 0 amide bonds. The molecule has 4 aliphatic carbocycles. The van der Waals surface area contributed by atoms with Gasteiger partial charge < -0.3 is 14.9 Å². The number of cyclic esters (lactones) is 1. The summed E-state index contributed by atoms with van der Waals surface area (Å²) >= 11 is 1.34. The summed E-state index contributed by atoms with van der Waals surface area (Å²) in [6.07, 6.45) is 4.44. The molecule has 36 heavy (non-hydrogen) atoms. The van der Waals surface area contributed by atoms with Crippen LogP contribution in [0.5, 0.6) is 0 Å². The van der Waals surface area contributed by atoms with Crippen LogP contribution >= 0.6 is 11.8 Å². The van der Waals surface area contributed by atoms with Crippen LogP contribution < -0.4 is 0 Å². The molecule has 0 aromatic carbocycles.